The van der Waals surface area contributed by atoms with Gasteiger partial charge in [-0.3, -0.25) is 0 Å². The largest absolute Gasteiger partial charge is 0.242 e. The lowest BCUT2D eigenvalue weighted by atomic mass is 10.0. The minimum absolute atomic E-state index is 0.234. The summed E-state index contributed by atoms with van der Waals surface area (Å²) in [5.74, 6) is 0. The van der Waals surface area contributed by atoms with E-state index in [9.17, 15) is 8.42 Å². The van der Waals surface area contributed by atoms with Gasteiger partial charge in [0.2, 0.25) is 10.0 Å². The zero-order valence-corrected chi connectivity index (χ0v) is 11.9. The summed E-state index contributed by atoms with van der Waals surface area (Å²) in [6.45, 7) is 6.93. The highest BCUT2D eigenvalue weighted by Gasteiger charge is 2.29. The first-order chi connectivity index (χ1) is 8.24. The minimum Gasteiger partial charge on any atom is -0.207 e. The molecule has 98 valence electrons. The molecule has 0 amide bonds. The van der Waals surface area contributed by atoms with Crippen molar-refractivity contribution in [1.82, 2.24) is 4.72 Å². The van der Waals surface area contributed by atoms with Gasteiger partial charge >= 0.3 is 0 Å². The third-order valence-electron chi connectivity index (χ3n) is 2.95. The number of nitrogens with one attached hydrogen (secondary N) is 1. The van der Waals surface area contributed by atoms with Crippen LogP contribution in [0.1, 0.15) is 31.4 Å². The maximum Gasteiger partial charge on any atom is 0.242 e. The Hall–Kier alpha value is -1.38. The van der Waals surface area contributed by atoms with Crippen molar-refractivity contribution < 1.29 is 8.42 Å². The fraction of sp³-hybridized carbons (Fsp3) is 0.462. The molecule has 0 spiro atoms. The highest BCUT2D eigenvalue weighted by Crippen LogP contribution is 2.19. The van der Waals surface area contributed by atoms with Crippen LogP contribution in [-0.2, 0) is 10.0 Å². The molecule has 0 aromatic heterocycles. The molecule has 0 heterocycles. The fourth-order valence-corrected chi connectivity index (χ4v) is 3.25. The summed E-state index contributed by atoms with van der Waals surface area (Å²) in [6.07, 6.45) is 0.410. The van der Waals surface area contributed by atoms with Gasteiger partial charge in [0.1, 0.15) is 5.54 Å². The summed E-state index contributed by atoms with van der Waals surface area (Å²) in [5, 5.41) is 9.04. The Balaban J connectivity index is 3.24. The third-order valence-corrected chi connectivity index (χ3v) is 4.68. The molecule has 1 rings (SSSR count). The molecule has 0 bridgehead atoms. The maximum absolute atomic E-state index is 12.3. The van der Waals surface area contributed by atoms with Crippen LogP contribution < -0.4 is 4.72 Å². The lowest BCUT2D eigenvalue weighted by molar-refractivity contribution is 0.494. The maximum atomic E-state index is 12.3. The highest BCUT2D eigenvalue weighted by molar-refractivity contribution is 7.89. The van der Waals surface area contributed by atoms with Crippen molar-refractivity contribution in [2.45, 2.75) is 44.6 Å². The number of rotatable bonds is 4. The van der Waals surface area contributed by atoms with Gasteiger partial charge in [-0.05, 0) is 44.4 Å². The average molecular weight is 266 g/mol. The summed E-state index contributed by atoms with van der Waals surface area (Å²) in [5.41, 5.74) is 0.468. The zero-order valence-electron chi connectivity index (χ0n) is 11.1. The van der Waals surface area contributed by atoms with E-state index in [2.05, 4.69) is 4.72 Å². The molecule has 1 aromatic carbocycles. The van der Waals surface area contributed by atoms with E-state index < -0.39 is 15.6 Å². The quantitative estimate of drug-likeness (QED) is 0.908. The normalized spacial score (nSPS) is 14.8. The van der Waals surface area contributed by atoms with Gasteiger partial charge in [0.05, 0.1) is 11.0 Å². The van der Waals surface area contributed by atoms with Crippen molar-refractivity contribution in [3.8, 4) is 6.07 Å². The van der Waals surface area contributed by atoms with E-state index in [1.54, 1.807) is 32.9 Å². The molecule has 5 heteroatoms. The van der Waals surface area contributed by atoms with Crippen molar-refractivity contribution in [2.24, 2.45) is 0 Å². The fourth-order valence-electron chi connectivity index (χ4n) is 1.52. The van der Waals surface area contributed by atoms with Gasteiger partial charge < -0.3 is 0 Å². The molecule has 4 nitrogen and oxygen atoms in total. The van der Waals surface area contributed by atoms with Crippen LogP contribution in [-0.4, -0.2) is 14.0 Å². The first-order valence-electron chi connectivity index (χ1n) is 5.76. The topological polar surface area (TPSA) is 70.0 Å². The molecule has 0 aliphatic heterocycles. The Morgan fingerprint density at radius 3 is 2.50 bits per heavy atom. The molecule has 1 unspecified atom stereocenters. The predicted molar refractivity (Wildman–Crippen MR) is 70.5 cm³/mol. The second-order valence-corrected chi connectivity index (χ2v) is 6.32. The molecule has 0 radical (unpaired) electrons. The highest BCUT2D eigenvalue weighted by atomic mass is 32.2. The van der Waals surface area contributed by atoms with E-state index >= 15 is 0 Å². The number of nitriles is 1. The Morgan fingerprint density at radius 2 is 2.00 bits per heavy atom. The second kappa shape index (κ2) is 5.09. The molecule has 1 N–H and O–H groups in total. The molecule has 0 aliphatic carbocycles. The van der Waals surface area contributed by atoms with Crippen molar-refractivity contribution in [2.75, 3.05) is 0 Å². The molecule has 18 heavy (non-hydrogen) atoms. The number of benzene rings is 1. The third kappa shape index (κ3) is 3.09. The van der Waals surface area contributed by atoms with E-state index in [-0.39, 0.29) is 4.90 Å². The first kappa shape index (κ1) is 14.7. The molecule has 0 aliphatic rings. The van der Waals surface area contributed by atoms with E-state index in [0.717, 1.165) is 5.56 Å². The standard InChI is InChI=1S/C13H18N2O2S/c1-5-13(4,9-14)15-18(16,17)12-8-10(2)6-7-11(12)3/h6-8,15H,5H2,1-4H3. The van der Waals surface area contributed by atoms with Crippen LogP contribution in [0, 0.1) is 25.2 Å². The number of hydrogen-bond acceptors (Lipinski definition) is 3. The van der Waals surface area contributed by atoms with Crippen LogP contribution in [0.15, 0.2) is 23.1 Å². The van der Waals surface area contributed by atoms with E-state index in [1.165, 1.54) is 0 Å². The number of hydrogen-bond donors (Lipinski definition) is 1. The molecule has 0 fully saturated rings. The van der Waals surface area contributed by atoms with E-state index in [4.69, 9.17) is 5.26 Å². The summed E-state index contributed by atoms with van der Waals surface area (Å²) in [7, 11) is -3.67. The van der Waals surface area contributed by atoms with Crippen LogP contribution in [0.2, 0.25) is 0 Å². The predicted octanol–water partition coefficient (Wildman–Crippen LogP) is 2.27. The average Bonchev–Trinajstić information content (AvgIpc) is 2.31. The molecular formula is C13H18N2O2S. The Labute approximate surface area is 109 Å². The summed E-state index contributed by atoms with van der Waals surface area (Å²) < 4.78 is 27.0. The molecule has 0 saturated heterocycles. The van der Waals surface area contributed by atoms with Crippen molar-refractivity contribution >= 4 is 10.0 Å². The minimum atomic E-state index is -3.67. The molecule has 1 atom stereocenters. The molecular weight excluding hydrogens is 248 g/mol. The lowest BCUT2D eigenvalue weighted by Gasteiger charge is -2.21. The monoisotopic (exact) mass is 266 g/mol. The van der Waals surface area contributed by atoms with Gasteiger partial charge in [0.25, 0.3) is 0 Å². The Kier molecular flexibility index (Phi) is 4.15. The van der Waals surface area contributed by atoms with Gasteiger partial charge in [0.15, 0.2) is 0 Å². The van der Waals surface area contributed by atoms with Gasteiger partial charge in [-0.1, -0.05) is 19.1 Å². The Morgan fingerprint density at radius 1 is 1.39 bits per heavy atom. The van der Waals surface area contributed by atoms with Gasteiger partial charge in [-0.15, -0.1) is 0 Å². The SMILES string of the molecule is CCC(C)(C#N)NS(=O)(=O)c1cc(C)ccc1C. The van der Waals surface area contributed by atoms with Crippen molar-refractivity contribution in [3.63, 3.8) is 0 Å². The van der Waals surface area contributed by atoms with Crippen LogP contribution in [0.4, 0.5) is 0 Å². The summed E-state index contributed by atoms with van der Waals surface area (Å²) >= 11 is 0. The zero-order chi connectivity index (χ0) is 14.0. The Bertz CT molecular complexity index is 587. The smallest absolute Gasteiger partial charge is 0.207 e. The van der Waals surface area contributed by atoms with Crippen LogP contribution in [0.3, 0.4) is 0 Å². The van der Waals surface area contributed by atoms with Crippen LogP contribution >= 0.6 is 0 Å². The second-order valence-electron chi connectivity index (χ2n) is 4.67. The van der Waals surface area contributed by atoms with Crippen molar-refractivity contribution in [1.29, 1.82) is 5.26 Å². The van der Waals surface area contributed by atoms with Gasteiger partial charge in [-0.25, -0.2) is 8.42 Å². The van der Waals surface area contributed by atoms with Gasteiger partial charge in [0, 0.05) is 0 Å². The number of nitrogens with zero attached hydrogens (tertiary/aromatic N) is 1. The molecule has 1 aromatic rings. The van der Waals surface area contributed by atoms with Gasteiger partial charge in [-0.2, -0.15) is 9.98 Å². The van der Waals surface area contributed by atoms with Crippen molar-refractivity contribution in [3.05, 3.63) is 29.3 Å². The van der Waals surface area contributed by atoms with E-state index in [0.29, 0.717) is 12.0 Å². The number of aryl methyl sites for hydroxylation is 2. The van der Waals surface area contributed by atoms with Crippen LogP contribution in [0.25, 0.3) is 0 Å². The summed E-state index contributed by atoms with van der Waals surface area (Å²) in [6, 6.07) is 7.24. The van der Waals surface area contributed by atoms with E-state index in [1.807, 2.05) is 19.1 Å². The first-order valence-corrected chi connectivity index (χ1v) is 7.25. The molecule has 0 saturated carbocycles. The summed E-state index contributed by atoms with van der Waals surface area (Å²) in [4.78, 5) is 0.234. The van der Waals surface area contributed by atoms with Crippen LogP contribution in [0.5, 0.6) is 0 Å². The lowest BCUT2D eigenvalue weighted by Crippen LogP contribution is -2.44. The number of sulfonamides is 1.